The van der Waals surface area contributed by atoms with Crippen molar-refractivity contribution in [2.45, 2.75) is 13.0 Å². The lowest BCUT2D eigenvalue weighted by Crippen LogP contribution is -2.30. The molecule has 2 N–H and O–H groups in total. The molecule has 0 aliphatic carbocycles. The highest BCUT2D eigenvalue weighted by Crippen LogP contribution is 2.23. The molecule has 3 heteroatoms. The van der Waals surface area contributed by atoms with E-state index in [0.717, 1.165) is 5.69 Å². The lowest BCUT2D eigenvalue weighted by atomic mass is 9.97. The Balaban J connectivity index is 2.89. The molecule has 1 aromatic rings. The number of pyridine rings is 1. The second-order valence-corrected chi connectivity index (χ2v) is 3.88. The fourth-order valence-electron chi connectivity index (χ4n) is 1.74. The maximum absolute atomic E-state index is 5.69. The van der Waals surface area contributed by atoms with Gasteiger partial charge in [-0.25, -0.2) is 0 Å². The Morgan fingerprint density at radius 1 is 1.43 bits per heavy atom. The van der Waals surface area contributed by atoms with Crippen molar-refractivity contribution >= 4 is 0 Å². The molecule has 0 aliphatic heterocycles. The van der Waals surface area contributed by atoms with Crippen molar-refractivity contribution in [2.75, 3.05) is 20.6 Å². The van der Waals surface area contributed by atoms with Crippen LogP contribution in [0.5, 0.6) is 0 Å². The number of nitrogens with zero attached hydrogens (tertiary/aromatic N) is 2. The van der Waals surface area contributed by atoms with Crippen LogP contribution in [0.1, 0.15) is 18.7 Å². The van der Waals surface area contributed by atoms with Gasteiger partial charge in [0.2, 0.25) is 0 Å². The molecule has 1 rings (SSSR count). The average molecular weight is 193 g/mol. The number of aromatic nitrogens is 1. The second-order valence-electron chi connectivity index (χ2n) is 3.88. The normalized spacial score (nSPS) is 15.5. The summed E-state index contributed by atoms with van der Waals surface area (Å²) in [4.78, 5) is 6.54. The van der Waals surface area contributed by atoms with Crippen LogP contribution in [0.3, 0.4) is 0 Å². The van der Waals surface area contributed by atoms with Gasteiger partial charge in [0.1, 0.15) is 0 Å². The first kappa shape index (κ1) is 11.1. The lowest BCUT2D eigenvalue weighted by molar-refractivity contribution is 0.222. The summed E-state index contributed by atoms with van der Waals surface area (Å²) in [6.07, 6.45) is 1.83. The third kappa shape index (κ3) is 2.53. The highest BCUT2D eigenvalue weighted by Gasteiger charge is 2.20. The van der Waals surface area contributed by atoms with E-state index >= 15 is 0 Å². The molecule has 3 nitrogen and oxygen atoms in total. The van der Waals surface area contributed by atoms with Gasteiger partial charge in [-0.2, -0.15) is 0 Å². The molecule has 0 aliphatic rings. The van der Waals surface area contributed by atoms with Crippen molar-refractivity contribution in [2.24, 2.45) is 11.7 Å². The van der Waals surface area contributed by atoms with Gasteiger partial charge in [0.05, 0.1) is 11.7 Å². The molecule has 0 spiro atoms. The zero-order chi connectivity index (χ0) is 10.6. The van der Waals surface area contributed by atoms with E-state index in [-0.39, 0.29) is 0 Å². The number of hydrogen-bond acceptors (Lipinski definition) is 3. The van der Waals surface area contributed by atoms with Gasteiger partial charge >= 0.3 is 0 Å². The van der Waals surface area contributed by atoms with Crippen LogP contribution >= 0.6 is 0 Å². The fraction of sp³-hybridized carbons (Fsp3) is 0.545. The van der Waals surface area contributed by atoms with E-state index in [2.05, 4.69) is 37.0 Å². The number of hydrogen-bond donors (Lipinski definition) is 1. The van der Waals surface area contributed by atoms with E-state index in [1.807, 2.05) is 18.3 Å². The molecular formula is C11H19N3. The molecule has 2 atom stereocenters. The summed E-state index contributed by atoms with van der Waals surface area (Å²) in [6.45, 7) is 2.83. The predicted molar refractivity (Wildman–Crippen MR) is 58.9 cm³/mol. The second kappa shape index (κ2) is 5.08. The third-order valence-electron chi connectivity index (χ3n) is 2.46. The Kier molecular flexibility index (Phi) is 4.04. The average Bonchev–Trinajstić information content (AvgIpc) is 2.19. The molecule has 0 fully saturated rings. The van der Waals surface area contributed by atoms with Gasteiger partial charge in [0.15, 0.2) is 0 Å². The van der Waals surface area contributed by atoms with Gasteiger partial charge < -0.3 is 10.6 Å². The van der Waals surface area contributed by atoms with E-state index in [0.29, 0.717) is 18.5 Å². The van der Waals surface area contributed by atoms with E-state index < -0.39 is 0 Å². The first-order valence-electron chi connectivity index (χ1n) is 4.94. The van der Waals surface area contributed by atoms with Crippen molar-refractivity contribution in [3.05, 3.63) is 30.1 Å². The topological polar surface area (TPSA) is 42.1 Å². The van der Waals surface area contributed by atoms with Crippen molar-refractivity contribution in [1.82, 2.24) is 9.88 Å². The summed E-state index contributed by atoms with van der Waals surface area (Å²) in [5, 5.41) is 0. The molecule has 0 saturated carbocycles. The van der Waals surface area contributed by atoms with Gasteiger partial charge in [0.25, 0.3) is 0 Å². The minimum Gasteiger partial charge on any atom is -0.330 e. The Morgan fingerprint density at radius 3 is 2.57 bits per heavy atom. The van der Waals surface area contributed by atoms with Crippen molar-refractivity contribution < 1.29 is 0 Å². The van der Waals surface area contributed by atoms with Crippen LogP contribution < -0.4 is 5.73 Å². The summed E-state index contributed by atoms with van der Waals surface area (Å²) in [5.74, 6) is 0.417. The molecular weight excluding hydrogens is 174 g/mol. The summed E-state index contributed by atoms with van der Waals surface area (Å²) in [5.41, 5.74) is 6.79. The van der Waals surface area contributed by atoms with Gasteiger partial charge in [-0.05, 0) is 38.7 Å². The molecule has 78 valence electrons. The summed E-state index contributed by atoms with van der Waals surface area (Å²) < 4.78 is 0. The van der Waals surface area contributed by atoms with Crippen LogP contribution in [0, 0.1) is 5.92 Å². The molecule has 2 unspecified atom stereocenters. The lowest BCUT2D eigenvalue weighted by Gasteiger charge is -2.28. The number of rotatable bonds is 4. The maximum Gasteiger partial charge on any atom is 0.0578 e. The van der Waals surface area contributed by atoms with E-state index in [9.17, 15) is 0 Å². The van der Waals surface area contributed by atoms with Crippen molar-refractivity contribution in [1.29, 1.82) is 0 Å². The van der Waals surface area contributed by atoms with Gasteiger partial charge in [0, 0.05) is 6.20 Å². The third-order valence-corrected chi connectivity index (χ3v) is 2.46. The standard InChI is InChI=1S/C11H19N3/c1-9(8-12)11(14(2)3)10-6-4-5-7-13-10/h4-7,9,11H,8,12H2,1-3H3. The summed E-state index contributed by atoms with van der Waals surface area (Å²) in [7, 11) is 4.12. The van der Waals surface area contributed by atoms with Crippen LogP contribution in [0.25, 0.3) is 0 Å². The Labute approximate surface area is 85.9 Å². The molecule has 1 aromatic heterocycles. The molecule has 0 aromatic carbocycles. The molecule has 1 heterocycles. The van der Waals surface area contributed by atoms with Crippen LogP contribution in [0.4, 0.5) is 0 Å². The van der Waals surface area contributed by atoms with E-state index in [1.165, 1.54) is 0 Å². The van der Waals surface area contributed by atoms with Crippen LogP contribution in [0.15, 0.2) is 24.4 Å². The molecule has 0 bridgehead atoms. The monoisotopic (exact) mass is 193 g/mol. The minimum atomic E-state index is 0.307. The van der Waals surface area contributed by atoms with E-state index in [1.54, 1.807) is 0 Å². The Hall–Kier alpha value is -0.930. The number of nitrogens with two attached hydrogens (primary N) is 1. The fourth-order valence-corrected chi connectivity index (χ4v) is 1.74. The predicted octanol–water partition coefficient (Wildman–Crippen LogP) is 1.28. The summed E-state index contributed by atoms with van der Waals surface area (Å²) >= 11 is 0. The Morgan fingerprint density at radius 2 is 2.14 bits per heavy atom. The van der Waals surface area contributed by atoms with Crippen molar-refractivity contribution in [3.63, 3.8) is 0 Å². The first-order chi connectivity index (χ1) is 6.66. The van der Waals surface area contributed by atoms with E-state index in [4.69, 9.17) is 5.73 Å². The highest BCUT2D eigenvalue weighted by molar-refractivity contribution is 5.09. The largest absolute Gasteiger partial charge is 0.330 e. The van der Waals surface area contributed by atoms with Crippen LogP contribution in [-0.2, 0) is 0 Å². The van der Waals surface area contributed by atoms with Crippen molar-refractivity contribution in [3.8, 4) is 0 Å². The van der Waals surface area contributed by atoms with Crippen LogP contribution in [-0.4, -0.2) is 30.5 Å². The smallest absolute Gasteiger partial charge is 0.0578 e. The molecule has 0 radical (unpaired) electrons. The molecule has 14 heavy (non-hydrogen) atoms. The quantitative estimate of drug-likeness (QED) is 0.783. The summed E-state index contributed by atoms with van der Waals surface area (Å²) in [6, 6.07) is 6.31. The molecule has 0 saturated heterocycles. The van der Waals surface area contributed by atoms with Gasteiger partial charge in [-0.15, -0.1) is 0 Å². The molecule has 0 amide bonds. The first-order valence-corrected chi connectivity index (χ1v) is 4.94. The van der Waals surface area contributed by atoms with Crippen LogP contribution in [0.2, 0.25) is 0 Å². The van der Waals surface area contributed by atoms with Gasteiger partial charge in [-0.3, -0.25) is 4.98 Å². The SMILES string of the molecule is CC(CN)C(c1ccccn1)N(C)C. The maximum atomic E-state index is 5.69. The minimum absolute atomic E-state index is 0.307. The highest BCUT2D eigenvalue weighted by atomic mass is 15.1. The Bertz CT molecular complexity index is 258. The zero-order valence-corrected chi connectivity index (χ0v) is 9.14. The zero-order valence-electron chi connectivity index (χ0n) is 9.14. The van der Waals surface area contributed by atoms with Gasteiger partial charge in [-0.1, -0.05) is 13.0 Å².